The highest BCUT2D eigenvalue weighted by atomic mass is 79.9. The molecule has 0 spiro atoms. The largest absolute Gasteiger partial charge is 0.385 e. The molecule has 0 radical (unpaired) electrons. The predicted octanol–water partition coefficient (Wildman–Crippen LogP) is 3.83. The lowest BCUT2D eigenvalue weighted by molar-refractivity contribution is 0.597. The third-order valence-corrected chi connectivity index (χ3v) is 4.95. The van der Waals surface area contributed by atoms with Gasteiger partial charge in [0.05, 0.1) is 4.90 Å². The minimum Gasteiger partial charge on any atom is -0.385 e. The van der Waals surface area contributed by atoms with Crippen LogP contribution in [0.15, 0.2) is 47.4 Å². The Balaban J connectivity index is 0.00000264. The Kier molecular flexibility index (Phi) is 7.73. The van der Waals surface area contributed by atoms with Gasteiger partial charge in [0.2, 0.25) is 10.0 Å². The molecule has 0 aliphatic rings. The van der Waals surface area contributed by atoms with Crippen LogP contribution in [0.4, 0.5) is 5.69 Å². The molecule has 0 amide bonds. The summed E-state index contributed by atoms with van der Waals surface area (Å²) in [5, 5.41) is 9.24. The van der Waals surface area contributed by atoms with Gasteiger partial charge in [0.1, 0.15) is 0 Å². The molecule has 3 N–H and O–H groups in total. The number of hydrogen-bond acceptors (Lipinski definition) is 3. The van der Waals surface area contributed by atoms with Crippen LogP contribution in [0.25, 0.3) is 0 Å². The molecule has 2 rings (SSSR count). The van der Waals surface area contributed by atoms with Gasteiger partial charge in [0, 0.05) is 24.0 Å². The molecule has 23 heavy (non-hydrogen) atoms. The lowest BCUT2D eigenvalue weighted by Crippen LogP contribution is -2.17. The van der Waals surface area contributed by atoms with Gasteiger partial charge in [0.25, 0.3) is 0 Å². The first kappa shape index (κ1) is 20.2. The van der Waals surface area contributed by atoms with Gasteiger partial charge in [-0.1, -0.05) is 46.3 Å². The van der Waals surface area contributed by atoms with Gasteiger partial charge in [-0.25, -0.2) is 13.6 Å². The zero-order valence-corrected chi connectivity index (χ0v) is 16.9. The molecule has 126 valence electrons. The average molecular weight is 464 g/mol. The van der Waals surface area contributed by atoms with E-state index in [4.69, 9.17) is 5.14 Å². The maximum absolute atomic E-state index is 12.0. The normalized spacial score (nSPS) is 10.9. The zero-order valence-electron chi connectivity index (χ0n) is 12.8. The highest BCUT2D eigenvalue weighted by Gasteiger charge is 2.19. The van der Waals surface area contributed by atoms with E-state index < -0.39 is 10.0 Å². The van der Waals surface area contributed by atoms with Crippen molar-refractivity contribution in [1.82, 2.24) is 0 Å². The van der Waals surface area contributed by atoms with Crippen molar-refractivity contribution in [3.05, 3.63) is 59.2 Å². The molecule has 0 bridgehead atoms. The van der Waals surface area contributed by atoms with Crippen LogP contribution in [-0.4, -0.2) is 15.0 Å². The summed E-state index contributed by atoms with van der Waals surface area (Å²) in [6.45, 7) is 2.68. The Morgan fingerprint density at radius 3 is 2.30 bits per heavy atom. The maximum atomic E-state index is 12.0. The first-order valence-electron chi connectivity index (χ1n) is 6.98. The Hall–Kier alpha value is -0.890. The number of sulfonamides is 1. The Morgan fingerprint density at radius 1 is 1.13 bits per heavy atom. The molecule has 0 atom stereocenters. The fourth-order valence-corrected chi connectivity index (χ4v) is 3.53. The van der Waals surface area contributed by atoms with Crippen LogP contribution in [0, 0.1) is 0 Å². The lowest BCUT2D eigenvalue weighted by Gasteiger charge is -2.16. The van der Waals surface area contributed by atoms with Gasteiger partial charge in [0.15, 0.2) is 0 Å². The molecule has 0 aromatic heterocycles. The number of anilines is 1. The van der Waals surface area contributed by atoms with E-state index in [1.165, 1.54) is 0 Å². The molecule has 0 aliphatic heterocycles. The minimum atomic E-state index is -3.79. The Bertz CT molecular complexity index is 750. The summed E-state index contributed by atoms with van der Waals surface area (Å²) in [6.07, 6.45) is 0.511. The second-order valence-electron chi connectivity index (χ2n) is 4.99. The monoisotopic (exact) mass is 462 g/mol. The number of nitrogens with two attached hydrogens (primary N) is 1. The molecule has 0 heterocycles. The summed E-state index contributed by atoms with van der Waals surface area (Å²) in [6, 6.07) is 13.4. The third-order valence-electron chi connectivity index (χ3n) is 3.32. The molecule has 4 nitrogen and oxygen atoms in total. The van der Waals surface area contributed by atoms with E-state index in [-0.39, 0.29) is 21.9 Å². The summed E-state index contributed by atoms with van der Waals surface area (Å²) in [4.78, 5) is 0.184. The van der Waals surface area contributed by atoms with Gasteiger partial charge in [-0.3, -0.25) is 0 Å². The van der Waals surface area contributed by atoms with Crippen LogP contribution in [-0.2, 0) is 21.8 Å². The Labute approximate surface area is 156 Å². The highest BCUT2D eigenvalue weighted by molar-refractivity contribution is 9.08. The second-order valence-corrected chi connectivity index (χ2v) is 7.08. The molecule has 0 aliphatic carbocycles. The van der Waals surface area contributed by atoms with Gasteiger partial charge in [-0.2, -0.15) is 0 Å². The third kappa shape index (κ3) is 5.31. The number of hydrogen-bond donors (Lipinski definition) is 2. The summed E-state index contributed by atoms with van der Waals surface area (Å²) >= 11 is 3.37. The van der Waals surface area contributed by atoms with Gasteiger partial charge in [-0.15, -0.1) is 17.0 Å². The highest BCUT2D eigenvalue weighted by Crippen LogP contribution is 2.29. The fourth-order valence-electron chi connectivity index (χ4n) is 2.36. The molecular weight excluding hydrogens is 444 g/mol. The molecule has 2 aromatic rings. The smallest absolute Gasteiger partial charge is 0.238 e. The van der Waals surface area contributed by atoms with Crippen molar-refractivity contribution in [2.24, 2.45) is 5.14 Å². The fraction of sp³-hybridized carbons (Fsp3) is 0.250. The molecule has 2 aromatic carbocycles. The minimum absolute atomic E-state index is 0. The number of alkyl halides is 1. The average Bonchev–Trinajstić information content (AvgIpc) is 2.49. The van der Waals surface area contributed by atoms with Gasteiger partial charge < -0.3 is 5.32 Å². The number of nitrogens with one attached hydrogen (secondary N) is 1. The molecule has 0 saturated carbocycles. The molecule has 0 saturated heterocycles. The summed E-state index contributed by atoms with van der Waals surface area (Å²) in [5.74, 6) is 0. The van der Waals surface area contributed by atoms with E-state index >= 15 is 0 Å². The van der Waals surface area contributed by atoms with E-state index in [9.17, 15) is 8.42 Å². The number of benzene rings is 2. The maximum Gasteiger partial charge on any atom is 0.238 e. The Morgan fingerprint density at radius 2 is 1.78 bits per heavy atom. The van der Waals surface area contributed by atoms with Crippen molar-refractivity contribution in [2.75, 3.05) is 11.9 Å². The number of halogens is 2. The van der Waals surface area contributed by atoms with Crippen molar-refractivity contribution in [3.63, 3.8) is 0 Å². The topological polar surface area (TPSA) is 72.2 Å². The van der Waals surface area contributed by atoms with E-state index in [1.807, 2.05) is 43.3 Å². The first-order valence-corrected chi connectivity index (χ1v) is 9.64. The van der Waals surface area contributed by atoms with Crippen LogP contribution in [0.2, 0.25) is 0 Å². The van der Waals surface area contributed by atoms with Crippen LogP contribution in [0.3, 0.4) is 0 Å². The van der Waals surface area contributed by atoms with Gasteiger partial charge in [-0.05, 0) is 35.7 Å². The van der Waals surface area contributed by atoms with Crippen LogP contribution >= 0.6 is 32.9 Å². The SMILES string of the molecule is Br.CCNc1cc(CBr)cc(S(N)(=O)=O)c1Cc1ccccc1. The van der Waals surface area contributed by atoms with E-state index in [2.05, 4.69) is 21.2 Å². The predicted molar refractivity (Wildman–Crippen MR) is 104 cm³/mol. The van der Waals surface area contributed by atoms with Crippen molar-refractivity contribution in [1.29, 1.82) is 0 Å². The van der Waals surface area contributed by atoms with Gasteiger partial charge >= 0.3 is 0 Å². The molecule has 7 heteroatoms. The number of rotatable bonds is 6. The van der Waals surface area contributed by atoms with E-state index in [1.54, 1.807) is 6.07 Å². The van der Waals surface area contributed by atoms with Crippen molar-refractivity contribution >= 4 is 48.6 Å². The number of primary sulfonamides is 1. The second kappa shape index (κ2) is 8.82. The summed E-state index contributed by atoms with van der Waals surface area (Å²) < 4.78 is 24.0. The van der Waals surface area contributed by atoms with Crippen molar-refractivity contribution in [3.8, 4) is 0 Å². The first-order chi connectivity index (χ1) is 10.5. The standard InChI is InChI=1S/C16H19BrN2O2S.BrH/c1-2-19-15-9-13(11-17)10-16(22(18,20)21)14(15)8-12-6-4-3-5-7-12;/h3-7,9-10,19H,2,8,11H2,1H3,(H2,18,20,21);1H. The molecule has 0 fully saturated rings. The lowest BCUT2D eigenvalue weighted by atomic mass is 10.0. The van der Waals surface area contributed by atoms with E-state index in [0.717, 1.165) is 16.8 Å². The van der Waals surface area contributed by atoms with Crippen LogP contribution in [0.1, 0.15) is 23.6 Å². The quantitative estimate of drug-likeness (QED) is 0.639. The molecular formula is C16H20Br2N2O2S. The summed E-state index contributed by atoms with van der Waals surface area (Å²) in [7, 11) is -3.79. The summed E-state index contributed by atoms with van der Waals surface area (Å²) in [5.41, 5.74) is 3.43. The van der Waals surface area contributed by atoms with E-state index in [0.29, 0.717) is 23.9 Å². The van der Waals surface area contributed by atoms with Crippen LogP contribution < -0.4 is 10.5 Å². The van der Waals surface area contributed by atoms with Crippen molar-refractivity contribution in [2.45, 2.75) is 23.6 Å². The molecule has 0 unspecified atom stereocenters. The zero-order chi connectivity index (χ0) is 16.2. The van der Waals surface area contributed by atoms with Crippen LogP contribution in [0.5, 0.6) is 0 Å². The van der Waals surface area contributed by atoms with Crippen molar-refractivity contribution < 1.29 is 8.42 Å².